The number of amides is 1. The lowest BCUT2D eigenvalue weighted by molar-refractivity contribution is 0.0936. The fourth-order valence-corrected chi connectivity index (χ4v) is 1.72. The topological polar surface area (TPSA) is 67.8 Å². The molecule has 1 amide bonds. The van der Waals surface area contributed by atoms with Crippen LogP contribution in [0.3, 0.4) is 0 Å². The summed E-state index contributed by atoms with van der Waals surface area (Å²) in [6, 6.07) is 5.17. The highest BCUT2D eigenvalue weighted by molar-refractivity contribution is 5.99. The smallest absolute Gasteiger partial charge is 0.258 e. The van der Waals surface area contributed by atoms with Gasteiger partial charge < -0.3 is 19.9 Å². The summed E-state index contributed by atoms with van der Waals surface area (Å²) in [5.74, 6) is 0.665. The average Bonchev–Trinajstić information content (AvgIpc) is 2.45. The second-order valence-electron chi connectivity index (χ2n) is 4.14. The lowest BCUT2D eigenvalue weighted by Crippen LogP contribution is -2.27. The first-order chi connectivity index (χ1) is 9.13. The van der Waals surface area contributed by atoms with Gasteiger partial charge in [0, 0.05) is 6.54 Å². The standard InChI is InChI=1S/C14H21NO4/c1-4-10(16)8-9-15-14(17)13-11(18-2)6-5-7-12(13)19-3/h5-7,10,16H,4,8-9H2,1-3H3,(H,15,17). The first-order valence-corrected chi connectivity index (χ1v) is 6.31. The predicted octanol–water partition coefficient (Wildman–Crippen LogP) is 1.59. The second-order valence-corrected chi connectivity index (χ2v) is 4.14. The Morgan fingerprint density at radius 1 is 1.32 bits per heavy atom. The number of ether oxygens (including phenoxy) is 2. The zero-order chi connectivity index (χ0) is 14.3. The van der Waals surface area contributed by atoms with Crippen LogP contribution < -0.4 is 14.8 Å². The van der Waals surface area contributed by atoms with Gasteiger partial charge in [-0.1, -0.05) is 13.0 Å². The highest BCUT2D eigenvalue weighted by Gasteiger charge is 2.17. The molecule has 0 aliphatic carbocycles. The van der Waals surface area contributed by atoms with Gasteiger partial charge >= 0.3 is 0 Å². The van der Waals surface area contributed by atoms with Crippen LogP contribution in [0.5, 0.6) is 11.5 Å². The van der Waals surface area contributed by atoms with Crippen molar-refractivity contribution in [1.82, 2.24) is 5.32 Å². The fraction of sp³-hybridized carbons (Fsp3) is 0.500. The maximum atomic E-state index is 12.1. The van der Waals surface area contributed by atoms with E-state index in [2.05, 4.69) is 5.32 Å². The minimum atomic E-state index is -0.389. The van der Waals surface area contributed by atoms with Gasteiger partial charge in [-0.25, -0.2) is 0 Å². The van der Waals surface area contributed by atoms with Crippen LogP contribution in [0.1, 0.15) is 30.1 Å². The van der Waals surface area contributed by atoms with Crippen LogP contribution in [-0.4, -0.2) is 37.9 Å². The monoisotopic (exact) mass is 267 g/mol. The molecule has 5 heteroatoms. The van der Waals surface area contributed by atoms with Crippen molar-refractivity contribution in [2.45, 2.75) is 25.9 Å². The number of benzene rings is 1. The van der Waals surface area contributed by atoms with Crippen molar-refractivity contribution in [3.05, 3.63) is 23.8 Å². The Morgan fingerprint density at radius 3 is 2.37 bits per heavy atom. The van der Waals surface area contributed by atoms with Crippen LogP contribution >= 0.6 is 0 Å². The van der Waals surface area contributed by atoms with Crippen molar-refractivity contribution in [3.8, 4) is 11.5 Å². The number of rotatable bonds is 7. The van der Waals surface area contributed by atoms with Crippen molar-refractivity contribution in [1.29, 1.82) is 0 Å². The summed E-state index contributed by atoms with van der Waals surface area (Å²) in [6.45, 7) is 2.31. The van der Waals surface area contributed by atoms with Gasteiger partial charge in [-0.15, -0.1) is 0 Å². The molecule has 0 saturated carbocycles. The van der Waals surface area contributed by atoms with Crippen LogP contribution in [0, 0.1) is 0 Å². The van der Waals surface area contributed by atoms with Gasteiger partial charge in [-0.2, -0.15) is 0 Å². The number of aliphatic hydroxyl groups excluding tert-OH is 1. The number of hydrogen-bond donors (Lipinski definition) is 2. The molecule has 0 aromatic heterocycles. The third kappa shape index (κ3) is 4.13. The molecule has 1 aromatic rings. The van der Waals surface area contributed by atoms with Gasteiger partial charge in [0.1, 0.15) is 17.1 Å². The van der Waals surface area contributed by atoms with E-state index in [0.29, 0.717) is 36.4 Å². The van der Waals surface area contributed by atoms with E-state index in [1.807, 2.05) is 6.92 Å². The summed E-state index contributed by atoms with van der Waals surface area (Å²) in [6.07, 6.45) is 0.813. The fourth-order valence-electron chi connectivity index (χ4n) is 1.72. The largest absolute Gasteiger partial charge is 0.496 e. The number of carbonyl (C=O) groups excluding carboxylic acids is 1. The van der Waals surface area contributed by atoms with E-state index in [4.69, 9.17) is 9.47 Å². The van der Waals surface area contributed by atoms with Gasteiger partial charge in [-0.3, -0.25) is 4.79 Å². The molecule has 2 N–H and O–H groups in total. The lowest BCUT2D eigenvalue weighted by Gasteiger charge is -2.13. The van der Waals surface area contributed by atoms with Crippen LogP contribution in [-0.2, 0) is 0 Å². The van der Waals surface area contributed by atoms with Gasteiger partial charge in [0.15, 0.2) is 0 Å². The first-order valence-electron chi connectivity index (χ1n) is 6.31. The average molecular weight is 267 g/mol. The Hall–Kier alpha value is -1.75. The first kappa shape index (κ1) is 15.3. The Kier molecular flexibility index (Phi) is 6.15. The van der Waals surface area contributed by atoms with Gasteiger partial charge in [0.05, 0.1) is 20.3 Å². The maximum Gasteiger partial charge on any atom is 0.258 e. The number of methoxy groups -OCH3 is 2. The van der Waals surface area contributed by atoms with Crippen molar-refractivity contribution in [2.75, 3.05) is 20.8 Å². The highest BCUT2D eigenvalue weighted by Crippen LogP contribution is 2.27. The normalized spacial score (nSPS) is 11.8. The van der Waals surface area contributed by atoms with E-state index in [-0.39, 0.29) is 12.0 Å². The molecule has 0 spiro atoms. The van der Waals surface area contributed by atoms with Gasteiger partial charge in [0.2, 0.25) is 0 Å². The molecular formula is C14H21NO4. The molecule has 5 nitrogen and oxygen atoms in total. The molecule has 1 aromatic carbocycles. The van der Waals surface area contributed by atoms with Gasteiger partial charge in [0.25, 0.3) is 5.91 Å². The summed E-state index contributed by atoms with van der Waals surface area (Å²) < 4.78 is 10.3. The van der Waals surface area contributed by atoms with E-state index in [1.165, 1.54) is 14.2 Å². The Morgan fingerprint density at radius 2 is 1.89 bits per heavy atom. The summed E-state index contributed by atoms with van der Waals surface area (Å²) in [5.41, 5.74) is 0.374. The molecule has 0 saturated heterocycles. The van der Waals surface area contributed by atoms with E-state index in [0.717, 1.165) is 0 Å². The van der Waals surface area contributed by atoms with Crippen LogP contribution in [0.4, 0.5) is 0 Å². The molecule has 19 heavy (non-hydrogen) atoms. The van der Waals surface area contributed by atoms with Crippen molar-refractivity contribution in [2.24, 2.45) is 0 Å². The number of carbonyl (C=O) groups is 1. The third-order valence-corrected chi connectivity index (χ3v) is 2.89. The molecule has 0 fully saturated rings. The van der Waals surface area contributed by atoms with Crippen molar-refractivity contribution < 1.29 is 19.4 Å². The Labute approximate surface area is 113 Å². The quantitative estimate of drug-likeness (QED) is 0.787. The van der Waals surface area contributed by atoms with E-state index < -0.39 is 0 Å². The SMILES string of the molecule is CCC(O)CCNC(=O)c1c(OC)cccc1OC. The number of hydrogen-bond acceptors (Lipinski definition) is 4. The molecule has 0 aliphatic heterocycles. The number of nitrogens with one attached hydrogen (secondary N) is 1. The number of aliphatic hydroxyl groups is 1. The predicted molar refractivity (Wildman–Crippen MR) is 72.8 cm³/mol. The van der Waals surface area contributed by atoms with E-state index >= 15 is 0 Å². The molecule has 0 bridgehead atoms. The van der Waals surface area contributed by atoms with Crippen molar-refractivity contribution >= 4 is 5.91 Å². The van der Waals surface area contributed by atoms with E-state index in [1.54, 1.807) is 18.2 Å². The Bertz CT molecular complexity index is 398. The second kappa shape index (κ2) is 7.63. The van der Waals surface area contributed by atoms with Gasteiger partial charge in [-0.05, 0) is 25.0 Å². The molecular weight excluding hydrogens is 246 g/mol. The molecule has 0 radical (unpaired) electrons. The zero-order valence-corrected chi connectivity index (χ0v) is 11.6. The highest BCUT2D eigenvalue weighted by atomic mass is 16.5. The maximum absolute atomic E-state index is 12.1. The minimum absolute atomic E-state index is 0.266. The summed E-state index contributed by atoms with van der Waals surface area (Å²) >= 11 is 0. The molecule has 1 atom stereocenters. The van der Waals surface area contributed by atoms with Crippen LogP contribution in [0.2, 0.25) is 0 Å². The summed E-state index contributed by atoms with van der Waals surface area (Å²) in [7, 11) is 3.01. The molecule has 1 unspecified atom stereocenters. The van der Waals surface area contributed by atoms with Crippen LogP contribution in [0.15, 0.2) is 18.2 Å². The minimum Gasteiger partial charge on any atom is -0.496 e. The molecule has 0 aliphatic rings. The molecule has 0 heterocycles. The van der Waals surface area contributed by atoms with Crippen LogP contribution in [0.25, 0.3) is 0 Å². The summed E-state index contributed by atoms with van der Waals surface area (Å²) in [4.78, 5) is 12.1. The Balaban J connectivity index is 2.75. The molecule has 106 valence electrons. The molecule has 1 rings (SSSR count). The summed E-state index contributed by atoms with van der Waals surface area (Å²) in [5, 5.41) is 12.2. The third-order valence-electron chi connectivity index (χ3n) is 2.89. The van der Waals surface area contributed by atoms with E-state index in [9.17, 15) is 9.90 Å². The lowest BCUT2D eigenvalue weighted by atomic mass is 10.1. The zero-order valence-electron chi connectivity index (χ0n) is 11.6. The van der Waals surface area contributed by atoms with Crippen molar-refractivity contribution in [3.63, 3.8) is 0 Å².